The van der Waals surface area contributed by atoms with E-state index in [1.807, 2.05) is 6.92 Å². The molecule has 1 atom stereocenters. The molecule has 8 heteroatoms. The van der Waals surface area contributed by atoms with Crippen molar-refractivity contribution in [1.82, 2.24) is 20.0 Å². The molecule has 2 aliphatic rings. The van der Waals surface area contributed by atoms with Gasteiger partial charge in [-0.25, -0.2) is 0 Å². The van der Waals surface area contributed by atoms with Crippen LogP contribution in [0.15, 0.2) is 12.4 Å². The average molecular weight is 385 g/mol. The molecule has 0 saturated carbocycles. The standard InChI is InChI=1S/C18H29ClN4O3/c1-15(11-23-12-16(19)10-21-23)17(24)20-13-18(2-6-25-7-3-18)14-22-4-8-26-9-5-22/h10,12,15H,2-9,11,13-14H2,1H3,(H,20,24). The third-order valence-corrected chi connectivity index (χ3v) is 5.56. The minimum atomic E-state index is -0.161. The molecule has 1 amide bonds. The molecule has 0 aliphatic carbocycles. The Bertz CT molecular complexity index is 583. The summed E-state index contributed by atoms with van der Waals surface area (Å²) in [5.41, 5.74) is 0.0833. The predicted octanol–water partition coefficient (Wildman–Crippen LogP) is 1.42. The summed E-state index contributed by atoms with van der Waals surface area (Å²) in [4.78, 5) is 15.0. The second-order valence-corrected chi connectivity index (χ2v) is 7.94. The van der Waals surface area contributed by atoms with E-state index in [0.717, 1.165) is 58.9 Å². The molecule has 26 heavy (non-hydrogen) atoms. The molecule has 0 aromatic carbocycles. The summed E-state index contributed by atoms with van der Waals surface area (Å²) in [5, 5.41) is 7.92. The highest BCUT2D eigenvalue weighted by Gasteiger charge is 2.35. The Morgan fingerprint density at radius 2 is 2.00 bits per heavy atom. The van der Waals surface area contributed by atoms with Crippen molar-refractivity contribution in [2.45, 2.75) is 26.3 Å². The van der Waals surface area contributed by atoms with E-state index in [9.17, 15) is 4.79 Å². The number of aromatic nitrogens is 2. The Morgan fingerprint density at radius 1 is 1.31 bits per heavy atom. The molecular weight excluding hydrogens is 356 g/mol. The van der Waals surface area contributed by atoms with Crippen LogP contribution in [0.25, 0.3) is 0 Å². The molecule has 146 valence electrons. The van der Waals surface area contributed by atoms with Crippen molar-refractivity contribution in [3.8, 4) is 0 Å². The van der Waals surface area contributed by atoms with Crippen molar-refractivity contribution in [2.24, 2.45) is 11.3 Å². The molecule has 0 radical (unpaired) electrons. The summed E-state index contributed by atoms with van der Waals surface area (Å²) >= 11 is 5.89. The molecule has 2 fully saturated rings. The first-order valence-electron chi connectivity index (χ1n) is 9.40. The van der Waals surface area contributed by atoms with Gasteiger partial charge in [-0.05, 0) is 12.8 Å². The van der Waals surface area contributed by atoms with E-state index in [2.05, 4.69) is 15.3 Å². The number of halogens is 1. The quantitative estimate of drug-likeness (QED) is 0.770. The lowest BCUT2D eigenvalue weighted by atomic mass is 9.79. The second kappa shape index (κ2) is 9.17. The van der Waals surface area contributed by atoms with Crippen molar-refractivity contribution in [3.05, 3.63) is 17.4 Å². The summed E-state index contributed by atoms with van der Waals surface area (Å²) in [6, 6.07) is 0. The van der Waals surface area contributed by atoms with E-state index < -0.39 is 0 Å². The Kier molecular flexibility index (Phi) is 6.92. The minimum absolute atomic E-state index is 0.0597. The van der Waals surface area contributed by atoms with Gasteiger partial charge in [0.1, 0.15) is 0 Å². The second-order valence-electron chi connectivity index (χ2n) is 7.50. The minimum Gasteiger partial charge on any atom is -0.381 e. The van der Waals surface area contributed by atoms with Crippen LogP contribution in [0.1, 0.15) is 19.8 Å². The number of nitrogens with zero attached hydrogens (tertiary/aromatic N) is 3. The number of rotatable bonds is 7. The SMILES string of the molecule is CC(Cn1cc(Cl)cn1)C(=O)NCC1(CN2CCOCC2)CCOCC1. The fourth-order valence-corrected chi connectivity index (χ4v) is 3.84. The molecule has 1 unspecified atom stereocenters. The van der Waals surface area contributed by atoms with Gasteiger partial charge in [-0.1, -0.05) is 18.5 Å². The van der Waals surface area contributed by atoms with Crippen LogP contribution in [0.2, 0.25) is 5.02 Å². The number of hydrogen-bond acceptors (Lipinski definition) is 5. The molecule has 1 aromatic heterocycles. The van der Waals surface area contributed by atoms with Crippen LogP contribution >= 0.6 is 11.6 Å². The molecule has 1 aromatic rings. The van der Waals surface area contributed by atoms with Gasteiger partial charge in [-0.3, -0.25) is 14.4 Å². The highest BCUT2D eigenvalue weighted by Crippen LogP contribution is 2.31. The zero-order valence-electron chi connectivity index (χ0n) is 15.5. The van der Waals surface area contributed by atoms with Crippen LogP contribution in [0.5, 0.6) is 0 Å². The Hall–Kier alpha value is -1.15. The zero-order valence-corrected chi connectivity index (χ0v) is 16.2. The number of hydrogen-bond donors (Lipinski definition) is 1. The first-order chi connectivity index (χ1) is 12.6. The van der Waals surface area contributed by atoms with Gasteiger partial charge in [0.25, 0.3) is 0 Å². The molecule has 7 nitrogen and oxygen atoms in total. The molecule has 3 heterocycles. The summed E-state index contributed by atoms with van der Waals surface area (Å²) in [6.45, 7) is 9.18. The smallest absolute Gasteiger partial charge is 0.224 e. The number of ether oxygens (including phenoxy) is 2. The van der Waals surface area contributed by atoms with Crippen molar-refractivity contribution in [2.75, 3.05) is 52.6 Å². The van der Waals surface area contributed by atoms with E-state index in [1.165, 1.54) is 0 Å². The Morgan fingerprint density at radius 3 is 2.65 bits per heavy atom. The molecule has 0 spiro atoms. The van der Waals surface area contributed by atoms with Crippen LogP contribution in [-0.2, 0) is 20.8 Å². The summed E-state index contributed by atoms with van der Waals surface area (Å²) in [7, 11) is 0. The normalized spacial score (nSPS) is 22.1. The van der Waals surface area contributed by atoms with Gasteiger partial charge >= 0.3 is 0 Å². The third kappa shape index (κ3) is 5.42. The summed E-state index contributed by atoms with van der Waals surface area (Å²) in [5.74, 6) is -0.101. The molecular formula is C18H29ClN4O3. The molecule has 1 N–H and O–H groups in total. The Labute approximate surface area is 160 Å². The molecule has 2 aliphatic heterocycles. The van der Waals surface area contributed by atoms with Crippen LogP contribution in [0.4, 0.5) is 0 Å². The van der Waals surface area contributed by atoms with Crippen LogP contribution < -0.4 is 5.32 Å². The number of morpholine rings is 1. The van der Waals surface area contributed by atoms with Gasteiger partial charge in [0.05, 0.1) is 36.9 Å². The van der Waals surface area contributed by atoms with E-state index in [-0.39, 0.29) is 17.2 Å². The van der Waals surface area contributed by atoms with E-state index in [1.54, 1.807) is 17.1 Å². The van der Waals surface area contributed by atoms with Crippen molar-refractivity contribution in [3.63, 3.8) is 0 Å². The lowest BCUT2D eigenvalue weighted by Crippen LogP contribution is -2.51. The van der Waals surface area contributed by atoms with E-state index in [4.69, 9.17) is 21.1 Å². The topological polar surface area (TPSA) is 68.6 Å². The maximum absolute atomic E-state index is 12.6. The van der Waals surface area contributed by atoms with Crippen LogP contribution in [0, 0.1) is 11.3 Å². The van der Waals surface area contributed by atoms with Gasteiger partial charge in [-0.2, -0.15) is 5.10 Å². The van der Waals surface area contributed by atoms with Crippen molar-refractivity contribution < 1.29 is 14.3 Å². The first kappa shape index (κ1) is 19.6. The Balaban J connectivity index is 1.53. The van der Waals surface area contributed by atoms with Gasteiger partial charge in [0.15, 0.2) is 0 Å². The van der Waals surface area contributed by atoms with Crippen LogP contribution in [0.3, 0.4) is 0 Å². The number of carbonyl (C=O) groups is 1. The molecule has 0 bridgehead atoms. The van der Waals surface area contributed by atoms with Gasteiger partial charge in [-0.15, -0.1) is 0 Å². The zero-order chi connectivity index (χ0) is 18.4. The number of carbonyl (C=O) groups excluding carboxylic acids is 1. The fourth-order valence-electron chi connectivity index (χ4n) is 3.68. The lowest BCUT2D eigenvalue weighted by molar-refractivity contribution is -0.126. The lowest BCUT2D eigenvalue weighted by Gasteiger charge is -2.42. The highest BCUT2D eigenvalue weighted by molar-refractivity contribution is 6.30. The number of nitrogens with one attached hydrogen (secondary N) is 1. The highest BCUT2D eigenvalue weighted by atomic mass is 35.5. The van der Waals surface area contributed by atoms with Crippen molar-refractivity contribution >= 4 is 17.5 Å². The predicted molar refractivity (Wildman–Crippen MR) is 99.2 cm³/mol. The first-order valence-corrected chi connectivity index (χ1v) is 9.78. The summed E-state index contributed by atoms with van der Waals surface area (Å²) in [6.07, 6.45) is 5.29. The van der Waals surface area contributed by atoms with E-state index >= 15 is 0 Å². The summed E-state index contributed by atoms with van der Waals surface area (Å²) < 4.78 is 12.7. The number of amides is 1. The van der Waals surface area contributed by atoms with Gasteiger partial charge < -0.3 is 14.8 Å². The maximum Gasteiger partial charge on any atom is 0.224 e. The fraction of sp³-hybridized carbons (Fsp3) is 0.778. The van der Waals surface area contributed by atoms with Crippen LogP contribution in [-0.4, -0.2) is 73.2 Å². The molecule has 3 rings (SSSR count). The van der Waals surface area contributed by atoms with E-state index in [0.29, 0.717) is 18.1 Å². The third-order valence-electron chi connectivity index (χ3n) is 5.36. The largest absolute Gasteiger partial charge is 0.381 e. The molecule has 2 saturated heterocycles. The van der Waals surface area contributed by atoms with Gasteiger partial charge in [0, 0.05) is 51.0 Å². The van der Waals surface area contributed by atoms with Crippen molar-refractivity contribution in [1.29, 1.82) is 0 Å². The maximum atomic E-state index is 12.6. The monoisotopic (exact) mass is 384 g/mol. The van der Waals surface area contributed by atoms with Gasteiger partial charge in [0.2, 0.25) is 5.91 Å². The average Bonchev–Trinajstić information content (AvgIpc) is 3.06.